The van der Waals surface area contributed by atoms with E-state index in [4.69, 9.17) is 9.63 Å². The molecular weight excluding hydrogens is 484 g/mol. The Kier molecular flexibility index (Phi) is 5.95. The lowest BCUT2D eigenvalue weighted by Gasteiger charge is -2.20. The van der Waals surface area contributed by atoms with Crippen LogP contribution in [0.15, 0.2) is 53.2 Å². The summed E-state index contributed by atoms with van der Waals surface area (Å²) in [6.45, 7) is 0.314. The Labute approximate surface area is 192 Å². The highest BCUT2D eigenvalue weighted by Crippen LogP contribution is 2.40. The van der Waals surface area contributed by atoms with Crippen molar-refractivity contribution in [3.8, 4) is 28.6 Å². The van der Waals surface area contributed by atoms with Gasteiger partial charge in [-0.2, -0.15) is 31.3 Å². The Morgan fingerprint density at radius 2 is 1.89 bits per heavy atom. The third kappa shape index (κ3) is 4.93. The van der Waals surface area contributed by atoms with Gasteiger partial charge >= 0.3 is 18.3 Å². The maximum absolute atomic E-state index is 13.6. The first-order valence-electron chi connectivity index (χ1n) is 9.93. The van der Waals surface area contributed by atoms with Crippen LogP contribution >= 0.6 is 0 Å². The summed E-state index contributed by atoms with van der Waals surface area (Å²) in [5.41, 5.74) is -0.607. The maximum Gasteiger partial charge on any atom is 0.425 e. The molecule has 0 saturated heterocycles. The SMILES string of the molecule is CC(Oc1ccc(-c2nc(-c3cccc4c3ccn4CC(=O)O)no2)cc1C(F)(F)F)C(F)(F)F. The van der Waals surface area contributed by atoms with Crippen molar-refractivity contribution < 1.29 is 45.5 Å². The van der Waals surface area contributed by atoms with Crippen molar-refractivity contribution in [1.82, 2.24) is 14.7 Å². The van der Waals surface area contributed by atoms with Gasteiger partial charge in [-0.1, -0.05) is 17.3 Å². The number of benzene rings is 2. The van der Waals surface area contributed by atoms with Crippen LogP contribution in [-0.2, 0) is 17.5 Å². The van der Waals surface area contributed by atoms with Gasteiger partial charge in [0, 0.05) is 28.2 Å². The lowest BCUT2D eigenvalue weighted by atomic mass is 10.1. The minimum absolute atomic E-state index is 0.0262. The fraction of sp³-hybridized carbons (Fsp3) is 0.227. The second kappa shape index (κ2) is 8.64. The highest BCUT2D eigenvalue weighted by atomic mass is 19.4. The molecule has 7 nitrogen and oxygen atoms in total. The molecule has 1 unspecified atom stereocenters. The van der Waals surface area contributed by atoms with Gasteiger partial charge in [-0.3, -0.25) is 4.79 Å². The van der Waals surface area contributed by atoms with E-state index in [1.165, 1.54) is 4.57 Å². The molecule has 0 spiro atoms. The molecule has 0 aliphatic heterocycles. The Morgan fingerprint density at radius 1 is 1.14 bits per heavy atom. The van der Waals surface area contributed by atoms with E-state index in [1.807, 2.05) is 0 Å². The van der Waals surface area contributed by atoms with Gasteiger partial charge in [0.1, 0.15) is 12.3 Å². The van der Waals surface area contributed by atoms with Crippen LogP contribution in [0.25, 0.3) is 33.7 Å². The predicted molar refractivity (Wildman–Crippen MR) is 109 cm³/mol. The van der Waals surface area contributed by atoms with Crippen molar-refractivity contribution in [2.75, 3.05) is 0 Å². The van der Waals surface area contributed by atoms with E-state index in [0.717, 1.165) is 12.1 Å². The summed E-state index contributed by atoms with van der Waals surface area (Å²) in [6.07, 6.45) is -10.8. The maximum atomic E-state index is 13.6. The Morgan fingerprint density at radius 3 is 2.54 bits per heavy atom. The summed E-state index contributed by atoms with van der Waals surface area (Å²) in [7, 11) is 0. The quantitative estimate of drug-likeness (QED) is 0.338. The number of carboxylic acids is 1. The number of alkyl halides is 6. The summed E-state index contributed by atoms with van der Waals surface area (Å²) in [5, 5.41) is 13.4. The zero-order valence-electron chi connectivity index (χ0n) is 17.7. The Hall–Kier alpha value is -4.03. The first kappa shape index (κ1) is 24.1. The van der Waals surface area contributed by atoms with Crippen molar-refractivity contribution >= 4 is 16.9 Å². The molecule has 13 heteroatoms. The van der Waals surface area contributed by atoms with E-state index in [9.17, 15) is 31.1 Å². The zero-order chi connectivity index (χ0) is 25.5. The number of aliphatic carboxylic acids is 1. The largest absolute Gasteiger partial charge is 0.481 e. The molecule has 0 radical (unpaired) electrons. The molecule has 0 amide bonds. The van der Waals surface area contributed by atoms with Crippen LogP contribution in [0.3, 0.4) is 0 Å². The van der Waals surface area contributed by atoms with E-state index in [-0.39, 0.29) is 23.8 Å². The molecule has 35 heavy (non-hydrogen) atoms. The molecule has 184 valence electrons. The zero-order valence-corrected chi connectivity index (χ0v) is 17.7. The third-order valence-electron chi connectivity index (χ3n) is 5.08. The minimum Gasteiger partial charge on any atom is -0.481 e. The normalized spacial score (nSPS) is 13.2. The highest BCUT2D eigenvalue weighted by Gasteiger charge is 2.41. The monoisotopic (exact) mass is 499 g/mol. The highest BCUT2D eigenvalue weighted by molar-refractivity contribution is 5.94. The van der Waals surface area contributed by atoms with Gasteiger partial charge in [-0.15, -0.1) is 0 Å². The van der Waals surface area contributed by atoms with Gasteiger partial charge in [0.05, 0.1) is 5.56 Å². The molecule has 0 saturated carbocycles. The smallest absolute Gasteiger partial charge is 0.425 e. The fourth-order valence-corrected chi connectivity index (χ4v) is 3.40. The van der Waals surface area contributed by atoms with E-state index in [0.29, 0.717) is 29.5 Å². The van der Waals surface area contributed by atoms with Gasteiger partial charge in [-0.05, 0) is 37.3 Å². The molecule has 2 heterocycles. The molecular formula is C22H15F6N3O4. The van der Waals surface area contributed by atoms with Gasteiger partial charge in [0.25, 0.3) is 5.89 Å². The number of halogens is 6. The molecule has 2 aromatic heterocycles. The van der Waals surface area contributed by atoms with Crippen LogP contribution < -0.4 is 4.74 Å². The topological polar surface area (TPSA) is 90.4 Å². The Bertz CT molecular complexity index is 1390. The fourth-order valence-electron chi connectivity index (χ4n) is 3.40. The van der Waals surface area contributed by atoms with Crippen LogP contribution in [0.4, 0.5) is 26.3 Å². The number of nitrogens with zero attached hydrogens (tertiary/aromatic N) is 3. The van der Waals surface area contributed by atoms with Crippen LogP contribution in [0, 0.1) is 0 Å². The number of carbonyl (C=O) groups is 1. The first-order valence-corrected chi connectivity index (χ1v) is 9.93. The molecule has 0 fully saturated rings. The van der Waals surface area contributed by atoms with Gasteiger partial charge in [0.2, 0.25) is 5.82 Å². The molecule has 0 aliphatic carbocycles. The molecule has 0 aliphatic rings. The van der Waals surface area contributed by atoms with E-state index < -0.39 is 35.7 Å². The summed E-state index contributed by atoms with van der Waals surface area (Å²) in [4.78, 5) is 15.2. The van der Waals surface area contributed by atoms with E-state index >= 15 is 0 Å². The number of carboxylic acid groups (broad SMARTS) is 1. The lowest BCUT2D eigenvalue weighted by Crippen LogP contribution is -2.31. The standard InChI is InChI=1S/C22H15F6N3O4/c1-11(21(23,24)25)34-17-6-5-12(9-15(17)22(26,27)28)20-29-19(30-35-20)14-3-2-4-16-13(14)7-8-31(16)10-18(32)33/h2-9,11H,10H2,1H3,(H,32,33). The number of fused-ring (bicyclic) bond motifs is 1. The first-order chi connectivity index (χ1) is 16.3. The molecule has 4 rings (SSSR count). The van der Waals surface area contributed by atoms with Gasteiger partial charge < -0.3 is 18.9 Å². The molecule has 2 aromatic carbocycles. The summed E-state index contributed by atoms with van der Waals surface area (Å²) in [6, 6.07) is 8.98. The number of hydrogen-bond acceptors (Lipinski definition) is 5. The minimum atomic E-state index is -5.02. The molecule has 1 atom stereocenters. The van der Waals surface area contributed by atoms with E-state index in [1.54, 1.807) is 30.5 Å². The second-order valence-electron chi connectivity index (χ2n) is 7.51. The summed E-state index contributed by atoms with van der Waals surface area (Å²) in [5.74, 6) is -2.32. The van der Waals surface area contributed by atoms with Crippen molar-refractivity contribution in [2.24, 2.45) is 0 Å². The molecule has 4 aromatic rings. The van der Waals surface area contributed by atoms with Crippen molar-refractivity contribution in [1.29, 1.82) is 0 Å². The Balaban J connectivity index is 1.71. The van der Waals surface area contributed by atoms with Crippen molar-refractivity contribution in [3.05, 3.63) is 54.2 Å². The van der Waals surface area contributed by atoms with Crippen LogP contribution in [0.5, 0.6) is 5.75 Å². The van der Waals surface area contributed by atoms with Crippen LogP contribution in [-0.4, -0.2) is 38.1 Å². The van der Waals surface area contributed by atoms with Crippen molar-refractivity contribution in [3.63, 3.8) is 0 Å². The van der Waals surface area contributed by atoms with Crippen molar-refractivity contribution in [2.45, 2.75) is 31.9 Å². The van der Waals surface area contributed by atoms with Gasteiger partial charge in [-0.25, -0.2) is 0 Å². The predicted octanol–water partition coefficient (Wildman–Crippen LogP) is 5.79. The second-order valence-corrected chi connectivity index (χ2v) is 7.51. The number of hydrogen-bond donors (Lipinski definition) is 1. The van der Waals surface area contributed by atoms with Crippen LogP contribution in [0.1, 0.15) is 12.5 Å². The van der Waals surface area contributed by atoms with E-state index in [2.05, 4.69) is 14.9 Å². The summed E-state index contributed by atoms with van der Waals surface area (Å²) >= 11 is 0. The number of ether oxygens (including phenoxy) is 1. The van der Waals surface area contributed by atoms with Crippen LogP contribution in [0.2, 0.25) is 0 Å². The molecule has 0 bridgehead atoms. The average Bonchev–Trinajstić information content (AvgIpc) is 3.40. The number of rotatable bonds is 6. The number of aromatic nitrogens is 3. The average molecular weight is 499 g/mol. The summed E-state index contributed by atoms with van der Waals surface area (Å²) < 4.78 is 90.1. The third-order valence-corrected chi connectivity index (χ3v) is 5.08. The lowest BCUT2D eigenvalue weighted by molar-refractivity contribution is -0.191. The molecule has 1 N–H and O–H groups in total. The van der Waals surface area contributed by atoms with Gasteiger partial charge in [0.15, 0.2) is 6.10 Å².